The number of nitrogen functional groups attached to an aromatic ring is 1. The van der Waals surface area contributed by atoms with E-state index in [0.717, 1.165) is 12.1 Å². The molecule has 0 saturated carbocycles. The van der Waals surface area contributed by atoms with Crippen LogP contribution in [0.3, 0.4) is 0 Å². The van der Waals surface area contributed by atoms with Crippen LogP contribution in [0.25, 0.3) is 0 Å². The van der Waals surface area contributed by atoms with Gasteiger partial charge in [0.1, 0.15) is 11.5 Å². The van der Waals surface area contributed by atoms with Crippen LogP contribution in [0.5, 0.6) is 0 Å². The normalized spacial score (nSPS) is 10.2. The van der Waals surface area contributed by atoms with E-state index in [1.165, 1.54) is 18.2 Å². The van der Waals surface area contributed by atoms with Crippen LogP contribution in [0, 0.1) is 11.6 Å². The topological polar surface area (TPSA) is 62.1 Å². The fourth-order valence-electron chi connectivity index (χ4n) is 1.58. The van der Waals surface area contributed by atoms with Crippen LogP contribution >= 0.6 is 23.2 Å². The van der Waals surface area contributed by atoms with Crippen molar-refractivity contribution in [1.82, 2.24) is 0 Å². The summed E-state index contributed by atoms with van der Waals surface area (Å²) >= 11 is 11.4. The molecule has 0 aliphatic heterocycles. The first kappa shape index (κ1) is 14.6. The summed E-state index contributed by atoms with van der Waals surface area (Å²) in [4.78, 5) is 0. The zero-order chi connectivity index (χ0) is 14.7. The first-order valence-corrected chi connectivity index (χ1v) is 6.19. The van der Waals surface area contributed by atoms with Gasteiger partial charge in [0.05, 0.1) is 11.4 Å². The number of nitrogens with two attached hydrogens (primary N) is 1. The van der Waals surface area contributed by atoms with Crippen LogP contribution in [0.15, 0.2) is 30.3 Å². The molecule has 2 rings (SSSR count). The Kier molecular flexibility index (Phi) is 4.49. The number of hydrazine groups is 2. The molecule has 8 heteroatoms. The van der Waals surface area contributed by atoms with Crippen LogP contribution in [-0.2, 0) is 0 Å². The second-order valence-electron chi connectivity index (χ2n) is 3.86. The number of hydrogen-bond donors (Lipinski definition) is 4. The molecule has 0 aliphatic carbocycles. The SMILES string of the molecule is NNc1cc(Cl)cc(F)c1NNc1cc(F)cc(Cl)c1. The van der Waals surface area contributed by atoms with Crippen LogP contribution in [-0.4, -0.2) is 0 Å². The summed E-state index contributed by atoms with van der Waals surface area (Å²) in [6.45, 7) is 0. The number of nitrogens with one attached hydrogen (secondary N) is 3. The smallest absolute Gasteiger partial charge is 0.151 e. The molecule has 0 heterocycles. The van der Waals surface area contributed by atoms with Crippen molar-refractivity contribution in [2.45, 2.75) is 0 Å². The molecule has 4 nitrogen and oxygen atoms in total. The maximum absolute atomic E-state index is 13.8. The van der Waals surface area contributed by atoms with E-state index in [2.05, 4.69) is 16.3 Å². The van der Waals surface area contributed by atoms with Gasteiger partial charge in [-0.2, -0.15) is 0 Å². The Labute approximate surface area is 123 Å². The summed E-state index contributed by atoms with van der Waals surface area (Å²) in [6, 6.07) is 6.38. The molecule has 0 amide bonds. The van der Waals surface area contributed by atoms with Gasteiger partial charge in [-0.1, -0.05) is 23.2 Å². The Hall–Kier alpha value is -1.76. The molecule has 0 atom stereocenters. The lowest BCUT2D eigenvalue weighted by Gasteiger charge is -2.15. The third-order valence-electron chi connectivity index (χ3n) is 2.40. The molecular weight excluding hydrogens is 309 g/mol. The molecule has 0 aliphatic rings. The predicted molar refractivity (Wildman–Crippen MR) is 77.9 cm³/mol. The first-order valence-electron chi connectivity index (χ1n) is 5.43. The third kappa shape index (κ3) is 3.41. The Balaban J connectivity index is 2.22. The van der Waals surface area contributed by atoms with Crippen molar-refractivity contribution in [2.75, 3.05) is 16.3 Å². The summed E-state index contributed by atoms with van der Waals surface area (Å²) in [6.07, 6.45) is 0. The van der Waals surface area contributed by atoms with E-state index in [1.54, 1.807) is 0 Å². The predicted octanol–water partition coefficient (Wildman–Crippen LogP) is 4.00. The Bertz CT molecular complexity index is 617. The van der Waals surface area contributed by atoms with Crippen molar-refractivity contribution in [3.63, 3.8) is 0 Å². The second kappa shape index (κ2) is 6.13. The zero-order valence-corrected chi connectivity index (χ0v) is 11.5. The summed E-state index contributed by atoms with van der Waals surface area (Å²) in [5.41, 5.74) is 8.12. The zero-order valence-electron chi connectivity index (χ0n) is 9.98. The largest absolute Gasteiger partial charge is 0.322 e. The van der Waals surface area contributed by atoms with E-state index in [9.17, 15) is 8.78 Å². The molecule has 0 saturated heterocycles. The number of hydrogen-bond acceptors (Lipinski definition) is 4. The maximum atomic E-state index is 13.8. The second-order valence-corrected chi connectivity index (χ2v) is 4.74. The lowest BCUT2D eigenvalue weighted by atomic mass is 10.2. The molecule has 20 heavy (non-hydrogen) atoms. The minimum Gasteiger partial charge on any atom is -0.322 e. The minimum absolute atomic E-state index is 0.0392. The van der Waals surface area contributed by atoms with Gasteiger partial charge in [-0.15, -0.1) is 0 Å². The molecule has 0 unspecified atom stereocenters. The number of rotatable bonds is 4. The Morgan fingerprint density at radius 3 is 2.25 bits per heavy atom. The highest BCUT2D eigenvalue weighted by Crippen LogP contribution is 2.29. The number of halogens is 4. The van der Waals surface area contributed by atoms with Gasteiger partial charge < -0.3 is 10.9 Å². The van der Waals surface area contributed by atoms with Crippen molar-refractivity contribution < 1.29 is 8.78 Å². The molecule has 2 aromatic rings. The van der Waals surface area contributed by atoms with Crippen molar-refractivity contribution in [1.29, 1.82) is 0 Å². The van der Waals surface area contributed by atoms with E-state index in [0.29, 0.717) is 5.69 Å². The summed E-state index contributed by atoms with van der Waals surface area (Å²) in [5.74, 6) is 4.14. The van der Waals surface area contributed by atoms with Crippen LogP contribution in [0.2, 0.25) is 10.0 Å². The quantitative estimate of drug-likeness (QED) is 0.508. The molecule has 0 aromatic heterocycles. The van der Waals surface area contributed by atoms with Gasteiger partial charge in [0.15, 0.2) is 5.82 Å². The highest BCUT2D eigenvalue weighted by atomic mass is 35.5. The molecule has 0 spiro atoms. The van der Waals surface area contributed by atoms with Crippen LogP contribution < -0.4 is 22.1 Å². The van der Waals surface area contributed by atoms with Crippen molar-refractivity contribution in [2.24, 2.45) is 5.84 Å². The highest BCUT2D eigenvalue weighted by Gasteiger charge is 2.10. The summed E-state index contributed by atoms with van der Waals surface area (Å²) < 4.78 is 26.9. The third-order valence-corrected chi connectivity index (χ3v) is 2.84. The minimum atomic E-state index is -0.625. The maximum Gasteiger partial charge on any atom is 0.151 e. The molecule has 0 fully saturated rings. The van der Waals surface area contributed by atoms with Crippen molar-refractivity contribution >= 4 is 40.3 Å². The molecule has 0 radical (unpaired) electrons. The van der Waals surface area contributed by atoms with E-state index < -0.39 is 11.6 Å². The monoisotopic (exact) mass is 318 g/mol. The van der Waals surface area contributed by atoms with Gasteiger partial charge in [0.2, 0.25) is 0 Å². The van der Waals surface area contributed by atoms with Crippen LogP contribution in [0.4, 0.5) is 25.8 Å². The lowest BCUT2D eigenvalue weighted by Crippen LogP contribution is -2.15. The van der Waals surface area contributed by atoms with Gasteiger partial charge in [-0.3, -0.25) is 11.3 Å². The fraction of sp³-hybridized carbons (Fsp3) is 0. The molecule has 106 valence electrons. The van der Waals surface area contributed by atoms with Gasteiger partial charge in [-0.05, 0) is 30.3 Å². The molecule has 2 aromatic carbocycles. The van der Waals surface area contributed by atoms with E-state index in [4.69, 9.17) is 29.0 Å². The average molecular weight is 319 g/mol. The summed E-state index contributed by atoms with van der Waals surface area (Å²) in [5, 5.41) is 0.401. The number of benzene rings is 2. The van der Waals surface area contributed by atoms with E-state index in [-0.39, 0.29) is 21.4 Å². The van der Waals surface area contributed by atoms with E-state index >= 15 is 0 Å². The van der Waals surface area contributed by atoms with Crippen molar-refractivity contribution in [3.8, 4) is 0 Å². The van der Waals surface area contributed by atoms with Gasteiger partial charge in [0, 0.05) is 10.0 Å². The lowest BCUT2D eigenvalue weighted by molar-refractivity contribution is 0.628. The molecule has 5 N–H and O–H groups in total. The molecule has 0 bridgehead atoms. The highest BCUT2D eigenvalue weighted by molar-refractivity contribution is 6.31. The van der Waals surface area contributed by atoms with E-state index in [1.807, 2.05) is 0 Å². The Morgan fingerprint density at radius 1 is 0.900 bits per heavy atom. The van der Waals surface area contributed by atoms with Crippen molar-refractivity contribution in [3.05, 3.63) is 52.0 Å². The summed E-state index contributed by atoms with van der Waals surface area (Å²) in [7, 11) is 0. The van der Waals surface area contributed by atoms with Gasteiger partial charge in [-0.25, -0.2) is 8.78 Å². The fourth-order valence-corrected chi connectivity index (χ4v) is 2.00. The Morgan fingerprint density at radius 2 is 1.60 bits per heavy atom. The molecular formula is C12H10Cl2F2N4. The van der Waals surface area contributed by atoms with Gasteiger partial charge in [0.25, 0.3) is 0 Å². The first-order chi connectivity index (χ1) is 9.49. The standard InChI is InChI=1S/C12H10Cl2F2N4/c13-6-1-8(15)5-9(2-6)19-20-12-10(16)3-7(14)4-11(12)18-17/h1-5,18-20H,17H2. The van der Waals surface area contributed by atoms with Gasteiger partial charge >= 0.3 is 0 Å². The van der Waals surface area contributed by atoms with Crippen LogP contribution in [0.1, 0.15) is 0 Å². The average Bonchev–Trinajstić information content (AvgIpc) is 2.35. The number of anilines is 3.